The topological polar surface area (TPSA) is 70.7 Å². The molecular formula is C22H25FN4OS. The number of aromatic nitrogens is 3. The van der Waals surface area contributed by atoms with Crippen LogP contribution >= 0.6 is 11.8 Å². The molecule has 29 heavy (non-hydrogen) atoms. The van der Waals surface area contributed by atoms with E-state index < -0.39 is 0 Å². The maximum atomic E-state index is 13.8. The van der Waals surface area contributed by atoms with Gasteiger partial charge in [-0.2, -0.15) is 0 Å². The lowest BCUT2D eigenvalue weighted by Gasteiger charge is -2.15. The van der Waals surface area contributed by atoms with Crippen LogP contribution in [-0.4, -0.2) is 26.8 Å². The number of amides is 1. The molecule has 5 nitrogen and oxygen atoms in total. The van der Waals surface area contributed by atoms with Crippen molar-refractivity contribution in [3.63, 3.8) is 0 Å². The first kappa shape index (κ1) is 21.0. The molecule has 1 heterocycles. The molecule has 0 aliphatic rings. The lowest BCUT2D eigenvalue weighted by molar-refractivity contribution is -0.119. The summed E-state index contributed by atoms with van der Waals surface area (Å²) in [4.78, 5) is 16.5. The summed E-state index contributed by atoms with van der Waals surface area (Å²) >= 11 is 1.21. The zero-order valence-electron chi connectivity index (χ0n) is 16.8. The predicted molar refractivity (Wildman–Crippen MR) is 114 cm³/mol. The molecule has 0 fully saturated rings. The van der Waals surface area contributed by atoms with E-state index in [0.29, 0.717) is 22.5 Å². The Bertz CT molecular complexity index is 955. The molecule has 0 radical (unpaired) electrons. The fourth-order valence-corrected chi connectivity index (χ4v) is 3.60. The molecule has 0 spiro atoms. The number of hydrogen-bond donors (Lipinski definition) is 2. The highest BCUT2D eigenvalue weighted by atomic mass is 32.2. The Kier molecular flexibility index (Phi) is 7.04. The van der Waals surface area contributed by atoms with Crippen molar-refractivity contribution in [2.45, 2.75) is 38.4 Å². The van der Waals surface area contributed by atoms with E-state index in [0.717, 1.165) is 12.0 Å². The summed E-state index contributed by atoms with van der Waals surface area (Å²) in [5, 5.41) is 10.2. The van der Waals surface area contributed by atoms with Crippen LogP contribution < -0.4 is 5.32 Å². The average molecular weight is 413 g/mol. The van der Waals surface area contributed by atoms with Gasteiger partial charge in [0.15, 0.2) is 5.82 Å². The summed E-state index contributed by atoms with van der Waals surface area (Å²) in [5.74, 6) is 0.673. The van der Waals surface area contributed by atoms with Crippen molar-refractivity contribution in [2.75, 3.05) is 5.75 Å². The first-order valence-corrected chi connectivity index (χ1v) is 10.6. The van der Waals surface area contributed by atoms with Crippen LogP contribution in [0.3, 0.4) is 0 Å². The fourth-order valence-electron chi connectivity index (χ4n) is 3.00. The van der Waals surface area contributed by atoms with Crippen LogP contribution in [0, 0.1) is 11.7 Å². The largest absolute Gasteiger partial charge is 0.349 e. The summed E-state index contributed by atoms with van der Waals surface area (Å²) in [6.07, 6.45) is 1.04. The van der Waals surface area contributed by atoms with Crippen molar-refractivity contribution in [3.05, 3.63) is 65.5 Å². The minimum atomic E-state index is -0.369. The molecule has 1 amide bonds. The van der Waals surface area contributed by atoms with Gasteiger partial charge in [0.25, 0.3) is 0 Å². The zero-order valence-corrected chi connectivity index (χ0v) is 17.6. The van der Waals surface area contributed by atoms with Crippen molar-refractivity contribution in [2.24, 2.45) is 5.92 Å². The third kappa shape index (κ3) is 5.90. The second-order valence-corrected chi connectivity index (χ2v) is 8.31. The first-order valence-electron chi connectivity index (χ1n) is 9.60. The highest BCUT2D eigenvalue weighted by Crippen LogP contribution is 2.22. The van der Waals surface area contributed by atoms with Crippen LogP contribution in [0.25, 0.3) is 11.4 Å². The molecule has 1 unspecified atom stereocenters. The number of hydrogen-bond acceptors (Lipinski definition) is 4. The molecule has 0 aliphatic carbocycles. The number of benzene rings is 2. The predicted octanol–water partition coefficient (Wildman–Crippen LogP) is 4.78. The van der Waals surface area contributed by atoms with Gasteiger partial charge in [0, 0.05) is 0 Å². The monoisotopic (exact) mass is 412 g/mol. The lowest BCUT2D eigenvalue weighted by atomic mass is 10.00. The van der Waals surface area contributed by atoms with Gasteiger partial charge in [-0.3, -0.25) is 9.89 Å². The van der Waals surface area contributed by atoms with E-state index in [1.807, 2.05) is 6.92 Å². The number of H-pyrrole nitrogens is 1. The van der Waals surface area contributed by atoms with Crippen molar-refractivity contribution < 1.29 is 9.18 Å². The highest BCUT2D eigenvalue weighted by Gasteiger charge is 2.13. The second-order valence-electron chi connectivity index (χ2n) is 7.36. The van der Waals surface area contributed by atoms with Crippen LogP contribution in [0.2, 0.25) is 0 Å². The van der Waals surface area contributed by atoms with Crippen molar-refractivity contribution in [1.82, 2.24) is 20.5 Å². The maximum Gasteiger partial charge on any atom is 0.230 e. The molecule has 2 aromatic carbocycles. The van der Waals surface area contributed by atoms with Gasteiger partial charge in [-0.1, -0.05) is 62.0 Å². The summed E-state index contributed by atoms with van der Waals surface area (Å²) < 4.78 is 13.8. The summed E-state index contributed by atoms with van der Waals surface area (Å²) in [6.45, 7) is 6.35. The molecule has 152 valence electrons. The number of carbonyl (C=O) groups excluding carboxylic acids is 1. The Balaban J connectivity index is 1.51. The number of nitrogens with one attached hydrogen (secondary N) is 2. The average Bonchev–Trinajstić information content (AvgIpc) is 3.15. The Morgan fingerprint density at radius 3 is 2.55 bits per heavy atom. The summed E-state index contributed by atoms with van der Waals surface area (Å²) in [5.41, 5.74) is 2.72. The van der Waals surface area contributed by atoms with Crippen molar-refractivity contribution in [1.29, 1.82) is 0 Å². The fraction of sp³-hybridized carbons (Fsp3) is 0.318. The van der Waals surface area contributed by atoms with Gasteiger partial charge in [0.2, 0.25) is 11.1 Å². The lowest BCUT2D eigenvalue weighted by Crippen LogP contribution is -2.28. The number of aromatic amines is 1. The Morgan fingerprint density at radius 2 is 1.86 bits per heavy atom. The van der Waals surface area contributed by atoms with Crippen LogP contribution in [-0.2, 0) is 11.2 Å². The maximum absolute atomic E-state index is 13.8. The Labute approximate surface area is 174 Å². The van der Waals surface area contributed by atoms with E-state index in [-0.39, 0.29) is 23.5 Å². The standard InChI is InChI=1S/C22H25FN4OS/c1-14(2)12-16-8-10-17(11-9-16)15(3)24-20(28)13-29-22-25-21(26-27-22)18-6-4-5-7-19(18)23/h4-11,14-15H,12-13H2,1-3H3,(H,24,28)(H,25,26,27). The number of nitrogens with zero attached hydrogens (tertiary/aromatic N) is 2. The van der Waals surface area contributed by atoms with E-state index >= 15 is 0 Å². The van der Waals surface area contributed by atoms with Crippen molar-refractivity contribution in [3.8, 4) is 11.4 Å². The molecule has 0 aliphatic heterocycles. The van der Waals surface area contributed by atoms with Gasteiger partial charge < -0.3 is 5.32 Å². The van der Waals surface area contributed by atoms with E-state index in [9.17, 15) is 9.18 Å². The highest BCUT2D eigenvalue weighted by molar-refractivity contribution is 7.99. The zero-order chi connectivity index (χ0) is 20.8. The second kappa shape index (κ2) is 9.69. The van der Waals surface area contributed by atoms with E-state index in [1.54, 1.807) is 18.2 Å². The first-order chi connectivity index (χ1) is 13.9. The van der Waals surface area contributed by atoms with E-state index in [2.05, 4.69) is 58.6 Å². The number of carbonyl (C=O) groups is 1. The summed E-state index contributed by atoms with van der Waals surface area (Å²) in [7, 11) is 0. The number of halogens is 1. The molecule has 0 saturated carbocycles. The van der Waals surface area contributed by atoms with Crippen LogP contribution in [0.1, 0.15) is 37.9 Å². The molecule has 2 N–H and O–H groups in total. The van der Waals surface area contributed by atoms with E-state index in [1.165, 1.54) is 23.4 Å². The Hall–Kier alpha value is -2.67. The third-order valence-corrected chi connectivity index (χ3v) is 5.27. The van der Waals surface area contributed by atoms with Gasteiger partial charge in [-0.15, -0.1) is 5.10 Å². The normalized spacial score (nSPS) is 12.2. The molecule has 3 aromatic rings. The molecule has 7 heteroatoms. The minimum Gasteiger partial charge on any atom is -0.349 e. The van der Waals surface area contributed by atoms with Crippen LogP contribution in [0.5, 0.6) is 0 Å². The van der Waals surface area contributed by atoms with Crippen molar-refractivity contribution >= 4 is 17.7 Å². The van der Waals surface area contributed by atoms with Crippen LogP contribution in [0.15, 0.2) is 53.7 Å². The molecule has 1 aromatic heterocycles. The molecule has 1 atom stereocenters. The molecular weight excluding hydrogens is 387 g/mol. The number of thioether (sulfide) groups is 1. The van der Waals surface area contributed by atoms with Gasteiger partial charge in [-0.05, 0) is 42.5 Å². The molecule has 0 bridgehead atoms. The van der Waals surface area contributed by atoms with Gasteiger partial charge in [0.05, 0.1) is 17.4 Å². The number of rotatable bonds is 8. The van der Waals surface area contributed by atoms with Gasteiger partial charge in [0.1, 0.15) is 5.82 Å². The quantitative estimate of drug-likeness (QED) is 0.523. The SMILES string of the molecule is CC(C)Cc1ccc(C(C)NC(=O)CSc2n[nH]c(-c3ccccc3F)n2)cc1. The third-order valence-electron chi connectivity index (χ3n) is 4.43. The van der Waals surface area contributed by atoms with E-state index in [4.69, 9.17) is 0 Å². The summed E-state index contributed by atoms with van der Waals surface area (Å²) in [6, 6.07) is 14.6. The minimum absolute atomic E-state index is 0.0858. The smallest absolute Gasteiger partial charge is 0.230 e. The van der Waals surface area contributed by atoms with Gasteiger partial charge >= 0.3 is 0 Å². The van der Waals surface area contributed by atoms with Crippen LogP contribution in [0.4, 0.5) is 4.39 Å². The molecule has 3 rings (SSSR count). The van der Waals surface area contributed by atoms with Gasteiger partial charge in [-0.25, -0.2) is 9.37 Å². The molecule has 0 saturated heterocycles. The Morgan fingerprint density at radius 1 is 1.14 bits per heavy atom.